The van der Waals surface area contributed by atoms with Crippen LogP contribution in [0, 0.1) is 0 Å². The number of carbonyl (C=O) groups excluding carboxylic acids is 1. The lowest BCUT2D eigenvalue weighted by molar-refractivity contribution is -0.148. The number of hydrogen-bond acceptors (Lipinski definition) is 4. The summed E-state index contributed by atoms with van der Waals surface area (Å²) >= 11 is 0. The summed E-state index contributed by atoms with van der Waals surface area (Å²) in [6.45, 7) is 2.97. The summed E-state index contributed by atoms with van der Waals surface area (Å²) in [5, 5.41) is 0. The molecule has 88 valence electrons. The van der Waals surface area contributed by atoms with Crippen molar-refractivity contribution in [2.75, 3.05) is 40.8 Å². The van der Waals surface area contributed by atoms with Crippen molar-refractivity contribution in [3.05, 3.63) is 0 Å². The van der Waals surface area contributed by atoms with Crippen LogP contribution in [0.1, 0.15) is 19.3 Å². The molecule has 1 rings (SSSR count). The minimum absolute atomic E-state index is 0.0105. The zero-order valence-electron chi connectivity index (χ0n) is 10.0. The van der Waals surface area contributed by atoms with Gasteiger partial charge in [0.25, 0.3) is 0 Å². The molecule has 15 heavy (non-hydrogen) atoms. The van der Waals surface area contributed by atoms with Gasteiger partial charge in [-0.05, 0) is 33.5 Å². The molecule has 4 nitrogen and oxygen atoms in total. The topological polar surface area (TPSA) is 32.8 Å². The minimum Gasteiger partial charge on any atom is -0.468 e. The summed E-state index contributed by atoms with van der Waals surface area (Å²) in [4.78, 5) is 15.9. The van der Waals surface area contributed by atoms with Crippen molar-refractivity contribution in [2.45, 2.75) is 25.3 Å². The second kappa shape index (κ2) is 6.08. The van der Waals surface area contributed by atoms with E-state index in [1.165, 1.54) is 13.5 Å². The quantitative estimate of drug-likeness (QED) is 0.641. The van der Waals surface area contributed by atoms with Gasteiger partial charge in [-0.15, -0.1) is 0 Å². The molecular weight excluding hydrogens is 192 g/mol. The van der Waals surface area contributed by atoms with Gasteiger partial charge >= 0.3 is 5.97 Å². The van der Waals surface area contributed by atoms with Gasteiger partial charge in [0.15, 0.2) is 0 Å². The van der Waals surface area contributed by atoms with Gasteiger partial charge in [0, 0.05) is 13.1 Å². The summed E-state index contributed by atoms with van der Waals surface area (Å²) in [7, 11) is 5.58. The third-order valence-electron chi connectivity index (χ3n) is 2.92. The number of carbonyl (C=O) groups is 1. The average Bonchev–Trinajstić information content (AvgIpc) is 2.25. The summed E-state index contributed by atoms with van der Waals surface area (Å²) in [6.07, 6.45) is 3.28. The molecule has 4 heteroatoms. The van der Waals surface area contributed by atoms with Crippen LogP contribution in [0.25, 0.3) is 0 Å². The average molecular weight is 214 g/mol. The van der Waals surface area contributed by atoms with Crippen molar-refractivity contribution in [1.29, 1.82) is 0 Å². The predicted molar refractivity (Wildman–Crippen MR) is 59.8 cm³/mol. The van der Waals surface area contributed by atoms with Gasteiger partial charge in [0.2, 0.25) is 0 Å². The Kier molecular flexibility index (Phi) is 5.05. The summed E-state index contributed by atoms with van der Waals surface area (Å²) in [6, 6.07) is -0.0105. The molecule has 0 saturated carbocycles. The van der Waals surface area contributed by atoms with Crippen LogP contribution in [0.2, 0.25) is 0 Å². The Morgan fingerprint density at radius 1 is 1.47 bits per heavy atom. The van der Waals surface area contributed by atoms with E-state index in [-0.39, 0.29) is 12.0 Å². The smallest absolute Gasteiger partial charge is 0.323 e. The van der Waals surface area contributed by atoms with Crippen LogP contribution < -0.4 is 0 Å². The van der Waals surface area contributed by atoms with Gasteiger partial charge in [0.1, 0.15) is 6.04 Å². The number of ether oxygens (including phenoxy) is 1. The van der Waals surface area contributed by atoms with E-state index in [1.807, 2.05) is 0 Å². The lowest BCUT2D eigenvalue weighted by atomic mass is 10.0. The fourth-order valence-corrected chi connectivity index (χ4v) is 1.99. The first-order valence-electron chi connectivity index (χ1n) is 5.61. The molecule has 0 aromatic heterocycles. The molecule has 0 aromatic rings. The summed E-state index contributed by atoms with van der Waals surface area (Å²) < 4.78 is 4.83. The molecule has 0 radical (unpaired) electrons. The Hall–Kier alpha value is -0.610. The number of piperidine rings is 1. The zero-order chi connectivity index (χ0) is 11.3. The van der Waals surface area contributed by atoms with Gasteiger partial charge in [-0.2, -0.15) is 0 Å². The molecule has 0 bridgehead atoms. The number of likely N-dealkylation sites (N-methyl/N-ethyl adjacent to an activating group) is 1. The molecule has 0 amide bonds. The highest BCUT2D eigenvalue weighted by Crippen LogP contribution is 2.17. The maximum atomic E-state index is 11.5. The summed E-state index contributed by atoms with van der Waals surface area (Å²) in [5.41, 5.74) is 0. The van der Waals surface area contributed by atoms with Crippen LogP contribution in [0.3, 0.4) is 0 Å². The lowest BCUT2D eigenvalue weighted by Crippen LogP contribution is -2.47. The van der Waals surface area contributed by atoms with E-state index in [0.29, 0.717) is 0 Å². The number of methoxy groups -OCH3 is 1. The molecule has 0 spiro atoms. The highest BCUT2D eigenvalue weighted by molar-refractivity contribution is 5.75. The molecule has 1 atom stereocenters. The standard InChI is InChI=1S/C11H22N2O2/c1-12(2)8-9-13-7-5-4-6-10(13)11(14)15-3/h10H,4-9H2,1-3H3/t10-/m1/s1. The second-order valence-corrected chi connectivity index (χ2v) is 4.37. The van der Waals surface area contributed by atoms with Gasteiger partial charge < -0.3 is 9.64 Å². The first-order chi connectivity index (χ1) is 7.15. The highest BCUT2D eigenvalue weighted by Gasteiger charge is 2.28. The van der Waals surface area contributed by atoms with Crippen molar-refractivity contribution in [2.24, 2.45) is 0 Å². The number of hydrogen-bond donors (Lipinski definition) is 0. The molecule has 1 aliphatic heterocycles. The molecule has 1 heterocycles. The SMILES string of the molecule is COC(=O)[C@H]1CCCCN1CCN(C)C. The van der Waals surface area contributed by atoms with Crippen LogP contribution >= 0.6 is 0 Å². The molecule has 1 fully saturated rings. The number of rotatable bonds is 4. The Morgan fingerprint density at radius 3 is 2.80 bits per heavy atom. The molecule has 1 saturated heterocycles. The van der Waals surface area contributed by atoms with E-state index in [1.54, 1.807) is 0 Å². The number of likely N-dealkylation sites (tertiary alicyclic amines) is 1. The van der Waals surface area contributed by atoms with Crippen molar-refractivity contribution in [3.63, 3.8) is 0 Å². The molecule has 0 aliphatic carbocycles. The van der Waals surface area contributed by atoms with E-state index in [0.717, 1.165) is 32.5 Å². The van der Waals surface area contributed by atoms with Crippen LogP contribution in [0.15, 0.2) is 0 Å². The van der Waals surface area contributed by atoms with Crippen molar-refractivity contribution in [3.8, 4) is 0 Å². The van der Waals surface area contributed by atoms with Gasteiger partial charge in [-0.25, -0.2) is 0 Å². The maximum absolute atomic E-state index is 11.5. The zero-order valence-corrected chi connectivity index (χ0v) is 10.0. The van der Waals surface area contributed by atoms with E-state index in [4.69, 9.17) is 4.74 Å². The minimum atomic E-state index is -0.0755. The van der Waals surface area contributed by atoms with E-state index < -0.39 is 0 Å². The van der Waals surface area contributed by atoms with Gasteiger partial charge in [-0.1, -0.05) is 6.42 Å². The van der Waals surface area contributed by atoms with Crippen LogP contribution in [-0.2, 0) is 9.53 Å². The molecular formula is C11H22N2O2. The Labute approximate surface area is 92.2 Å². The van der Waals surface area contributed by atoms with Crippen molar-refractivity contribution >= 4 is 5.97 Å². The lowest BCUT2D eigenvalue weighted by Gasteiger charge is -2.34. The van der Waals surface area contributed by atoms with Crippen molar-refractivity contribution in [1.82, 2.24) is 9.80 Å². The third-order valence-corrected chi connectivity index (χ3v) is 2.92. The molecule has 0 N–H and O–H groups in total. The number of esters is 1. The highest BCUT2D eigenvalue weighted by atomic mass is 16.5. The van der Waals surface area contributed by atoms with Gasteiger partial charge in [-0.3, -0.25) is 9.69 Å². The van der Waals surface area contributed by atoms with E-state index in [9.17, 15) is 4.79 Å². The van der Waals surface area contributed by atoms with E-state index >= 15 is 0 Å². The predicted octanol–water partition coefficient (Wildman–Crippen LogP) is 0.575. The Morgan fingerprint density at radius 2 is 2.20 bits per heavy atom. The van der Waals surface area contributed by atoms with Crippen molar-refractivity contribution < 1.29 is 9.53 Å². The van der Waals surface area contributed by atoms with Crippen LogP contribution in [0.4, 0.5) is 0 Å². The summed E-state index contributed by atoms with van der Waals surface area (Å²) in [5.74, 6) is -0.0755. The monoisotopic (exact) mass is 214 g/mol. The normalized spacial score (nSPS) is 23.1. The maximum Gasteiger partial charge on any atom is 0.323 e. The first-order valence-corrected chi connectivity index (χ1v) is 5.61. The van der Waals surface area contributed by atoms with E-state index in [2.05, 4.69) is 23.9 Å². The Balaban J connectivity index is 2.46. The van der Waals surface area contributed by atoms with Crippen LogP contribution in [0.5, 0.6) is 0 Å². The fourth-order valence-electron chi connectivity index (χ4n) is 1.99. The first kappa shape index (κ1) is 12.5. The fraction of sp³-hybridized carbons (Fsp3) is 0.909. The van der Waals surface area contributed by atoms with Gasteiger partial charge in [0.05, 0.1) is 7.11 Å². The largest absolute Gasteiger partial charge is 0.468 e. The second-order valence-electron chi connectivity index (χ2n) is 4.37. The molecule has 0 aromatic carbocycles. The Bertz CT molecular complexity index is 207. The molecule has 0 unspecified atom stereocenters. The van der Waals surface area contributed by atoms with Crippen LogP contribution in [-0.4, -0.2) is 62.7 Å². The third kappa shape index (κ3) is 3.80. The molecule has 1 aliphatic rings. The number of nitrogens with zero attached hydrogens (tertiary/aromatic N) is 2.